The van der Waals surface area contributed by atoms with Crippen LogP contribution in [0.15, 0.2) is 46.4 Å². The van der Waals surface area contributed by atoms with Gasteiger partial charge in [0.1, 0.15) is 23.2 Å². The van der Waals surface area contributed by atoms with Gasteiger partial charge in [0.05, 0.1) is 0 Å². The summed E-state index contributed by atoms with van der Waals surface area (Å²) >= 11 is 5.84. The van der Waals surface area contributed by atoms with Crippen LogP contribution in [0.3, 0.4) is 0 Å². The van der Waals surface area contributed by atoms with Gasteiger partial charge < -0.3 is 9.32 Å². The van der Waals surface area contributed by atoms with Crippen LogP contribution in [0.1, 0.15) is 5.76 Å². The Morgan fingerprint density at radius 1 is 1.24 bits per heavy atom. The van der Waals surface area contributed by atoms with Crippen molar-refractivity contribution in [3.05, 3.63) is 52.8 Å². The molecular weight excluding hydrogens is 288 g/mol. The van der Waals surface area contributed by atoms with Gasteiger partial charge in [0.25, 0.3) is 5.91 Å². The number of benzene rings is 1. The van der Waals surface area contributed by atoms with Crippen molar-refractivity contribution >= 4 is 23.6 Å². The highest BCUT2D eigenvalue weighted by molar-refractivity contribution is 6.30. The number of halogens is 1. The Kier molecular flexibility index (Phi) is 4.46. The van der Waals surface area contributed by atoms with Crippen LogP contribution in [0.4, 0.5) is 0 Å². The Morgan fingerprint density at radius 3 is 2.48 bits per heavy atom. The number of carbonyl (C=O) groups excluding carboxylic acids is 1. The maximum atomic E-state index is 11.8. The third-order valence-corrected chi connectivity index (χ3v) is 3.05. The third kappa shape index (κ3) is 3.53. The highest BCUT2D eigenvalue weighted by atomic mass is 35.5. The van der Waals surface area contributed by atoms with Gasteiger partial charge >= 0.3 is 0 Å². The molecular formula is C16H13ClN2O2. The Hall–Kier alpha value is -2.51. The predicted octanol–water partition coefficient (Wildman–Crippen LogP) is 3.60. The molecule has 0 unspecified atom stereocenters. The van der Waals surface area contributed by atoms with Gasteiger partial charge in [0.15, 0.2) is 0 Å². The van der Waals surface area contributed by atoms with E-state index in [4.69, 9.17) is 21.3 Å². The van der Waals surface area contributed by atoms with Crippen molar-refractivity contribution in [2.24, 2.45) is 0 Å². The molecule has 1 aromatic heterocycles. The van der Waals surface area contributed by atoms with Crippen molar-refractivity contribution in [1.29, 1.82) is 5.26 Å². The van der Waals surface area contributed by atoms with Gasteiger partial charge in [-0.2, -0.15) is 5.26 Å². The fraction of sp³-hybridized carbons (Fsp3) is 0.125. The first-order valence-corrected chi connectivity index (χ1v) is 6.58. The summed E-state index contributed by atoms with van der Waals surface area (Å²) in [6.45, 7) is 0. The molecule has 0 atom stereocenters. The lowest BCUT2D eigenvalue weighted by Crippen LogP contribution is -2.22. The standard InChI is InChI=1S/C16H13ClN2O2/c1-19(2)16(20)12(10-18)9-14-7-8-15(21-14)11-3-5-13(17)6-4-11/h3-9H,1-2H3/b12-9-. The first kappa shape index (κ1) is 14.9. The molecule has 0 fully saturated rings. The van der Waals surface area contributed by atoms with E-state index in [0.717, 1.165) is 5.56 Å². The van der Waals surface area contributed by atoms with Gasteiger partial charge in [-0.1, -0.05) is 11.6 Å². The van der Waals surface area contributed by atoms with Crippen LogP contribution in [0.25, 0.3) is 17.4 Å². The van der Waals surface area contributed by atoms with Gasteiger partial charge in [-0.3, -0.25) is 4.79 Å². The number of furan rings is 1. The minimum absolute atomic E-state index is 0.0250. The molecule has 21 heavy (non-hydrogen) atoms. The van der Waals surface area contributed by atoms with Crippen molar-refractivity contribution < 1.29 is 9.21 Å². The first-order chi connectivity index (χ1) is 10.0. The zero-order valence-corrected chi connectivity index (χ0v) is 12.4. The van der Waals surface area contributed by atoms with E-state index in [2.05, 4.69) is 0 Å². The maximum absolute atomic E-state index is 11.8. The van der Waals surface area contributed by atoms with Crippen molar-refractivity contribution in [2.45, 2.75) is 0 Å². The average molecular weight is 301 g/mol. The second-order valence-electron chi connectivity index (χ2n) is 4.58. The molecule has 0 aliphatic rings. The molecule has 0 saturated carbocycles. The Labute approximate surface area is 127 Å². The summed E-state index contributed by atoms with van der Waals surface area (Å²) in [6.07, 6.45) is 1.43. The molecule has 0 N–H and O–H groups in total. The van der Waals surface area contributed by atoms with Crippen LogP contribution >= 0.6 is 11.6 Å². The van der Waals surface area contributed by atoms with Crippen LogP contribution in [0, 0.1) is 11.3 Å². The van der Waals surface area contributed by atoms with Crippen molar-refractivity contribution in [2.75, 3.05) is 14.1 Å². The van der Waals surface area contributed by atoms with Crippen molar-refractivity contribution in [3.63, 3.8) is 0 Å². The molecule has 106 valence electrons. The topological polar surface area (TPSA) is 57.2 Å². The van der Waals surface area contributed by atoms with E-state index in [9.17, 15) is 4.79 Å². The summed E-state index contributed by atoms with van der Waals surface area (Å²) < 4.78 is 5.63. The number of rotatable bonds is 3. The van der Waals surface area contributed by atoms with E-state index in [1.165, 1.54) is 11.0 Å². The van der Waals surface area contributed by atoms with Gasteiger partial charge in [-0.25, -0.2) is 0 Å². The molecule has 1 heterocycles. The summed E-state index contributed by atoms with van der Waals surface area (Å²) in [7, 11) is 3.18. The van der Waals surface area contributed by atoms with Crippen LogP contribution in [-0.4, -0.2) is 24.9 Å². The first-order valence-electron chi connectivity index (χ1n) is 6.20. The fourth-order valence-electron chi connectivity index (χ4n) is 1.72. The van der Waals surface area contributed by atoms with Gasteiger partial charge in [0.2, 0.25) is 0 Å². The molecule has 0 aliphatic heterocycles. The van der Waals surface area contributed by atoms with Gasteiger partial charge in [0, 0.05) is 30.8 Å². The van der Waals surface area contributed by atoms with E-state index in [1.54, 1.807) is 38.4 Å². The summed E-state index contributed by atoms with van der Waals surface area (Å²) in [6, 6.07) is 12.6. The molecule has 0 saturated heterocycles. The summed E-state index contributed by atoms with van der Waals surface area (Å²) in [4.78, 5) is 13.1. The molecule has 1 aromatic carbocycles. The number of hydrogen-bond acceptors (Lipinski definition) is 3. The molecule has 0 spiro atoms. The van der Waals surface area contributed by atoms with Crippen LogP contribution in [0.2, 0.25) is 5.02 Å². The van der Waals surface area contributed by atoms with Gasteiger partial charge in [-0.15, -0.1) is 0 Å². The van der Waals surface area contributed by atoms with Crippen LogP contribution in [-0.2, 0) is 4.79 Å². The highest BCUT2D eigenvalue weighted by Crippen LogP contribution is 2.24. The molecule has 4 nitrogen and oxygen atoms in total. The molecule has 2 aromatic rings. The quantitative estimate of drug-likeness (QED) is 0.643. The number of likely N-dealkylation sites (N-methyl/N-ethyl adjacent to an activating group) is 1. The smallest absolute Gasteiger partial charge is 0.264 e. The van der Waals surface area contributed by atoms with E-state index >= 15 is 0 Å². The SMILES string of the molecule is CN(C)C(=O)/C(C#N)=C\c1ccc(-c2ccc(Cl)cc2)o1. The Balaban J connectivity index is 2.29. The molecule has 2 rings (SSSR count). The lowest BCUT2D eigenvalue weighted by atomic mass is 10.2. The minimum Gasteiger partial charge on any atom is -0.457 e. The van der Waals surface area contributed by atoms with E-state index in [1.807, 2.05) is 18.2 Å². The lowest BCUT2D eigenvalue weighted by molar-refractivity contribution is -0.124. The second kappa shape index (κ2) is 6.29. The zero-order valence-electron chi connectivity index (χ0n) is 11.6. The monoisotopic (exact) mass is 300 g/mol. The van der Waals surface area contributed by atoms with E-state index < -0.39 is 0 Å². The van der Waals surface area contributed by atoms with E-state index in [-0.39, 0.29) is 11.5 Å². The minimum atomic E-state index is -0.359. The maximum Gasteiger partial charge on any atom is 0.264 e. The zero-order chi connectivity index (χ0) is 15.4. The summed E-state index contributed by atoms with van der Waals surface area (Å²) in [5.74, 6) is 0.737. The Bertz CT molecular complexity index is 721. The summed E-state index contributed by atoms with van der Waals surface area (Å²) in [5.41, 5.74) is 0.897. The number of nitrogens with zero attached hydrogens (tertiary/aromatic N) is 2. The van der Waals surface area contributed by atoms with Crippen molar-refractivity contribution in [3.8, 4) is 17.4 Å². The largest absolute Gasteiger partial charge is 0.457 e. The molecule has 5 heteroatoms. The third-order valence-electron chi connectivity index (χ3n) is 2.80. The van der Waals surface area contributed by atoms with Crippen LogP contribution < -0.4 is 0 Å². The normalized spacial score (nSPS) is 11.0. The highest BCUT2D eigenvalue weighted by Gasteiger charge is 2.12. The predicted molar refractivity (Wildman–Crippen MR) is 81.4 cm³/mol. The molecule has 0 aliphatic carbocycles. The van der Waals surface area contributed by atoms with Crippen LogP contribution in [0.5, 0.6) is 0 Å². The fourth-order valence-corrected chi connectivity index (χ4v) is 1.85. The molecule has 0 radical (unpaired) electrons. The number of hydrogen-bond donors (Lipinski definition) is 0. The number of nitriles is 1. The van der Waals surface area contributed by atoms with E-state index in [0.29, 0.717) is 16.5 Å². The second-order valence-corrected chi connectivity index (χ2v) is 5.01. The van der Waals surface area contributed by atoms with Crippen molar-refractivity contribution in [1.82, 2.24) is 4.90 Å². The summed E-state index contributed by atoms with van der Waals surface area (Å²) in [5, 5.41) is 9.69. The average Bonchev–Trinajstić information content (AvgIpc) is 2.93. The molecule has 1 amide bonds. The number of amides is 1. The number of carbonyl (C=O) groups is 1. The Morgan fingerprint density at radius 2 is 1.90 bits per heavy atom. The van der Waals surface area contributed by atoms with Gasteiger partial charge in [-0.05, 0) is 36.4 Å². The molecule has 0 bridgehead atoms. The lowest BCUT2D eigenvalue weighted by Gasteiger charge is -2.07.